The molecule has 1 aliphatic carbocycles. The quantitative estimate of drug-likeness (QED) is 0.931. The van der Waals surface area contributed by atoms with Crippen LogP contribution in [-0.2, 0) is 6.54 Å². The lowest BCUT2D eigenvalue weighted by atomic mass is 9.79. The summed E-state index contributed by atoms with van der Waals surface area (Å²) in [4.78, 5) is 8.41. The Hall–Kier alpha value is -1.75. The van der Waals surface area contributed by atoms with E-state index in [0.717, 1.165) is 37.1 Å². The van der Waals surface area contributed by atoms with Crippen LogP contribution in [0.25, 0.3) is 11.4 Å². The summed E-state index contributed by atoms with van der Waals surface area (Å²) in [5.41, 5.74) is 0.273. The standard InChI is InChI=1S/C15H20N4O/c1-12-4-6-15(20,7-5-12)10-19-14(17-11-18-19)13-3-2-8-16-9-13/h2-3,8-9,11-12,20H,4-7,10H2,1H3. The highest BCUT2D eigenvalue weighted by Crippen LogP contribution is 2.33. The molecule has 0 aliphatic heterocycles. The van der Waals surface area contributed by atoms with Crippen molar-refractivity contribution in [3.8, 4) is 11.4 Å². The molecule has 0 amide bonds. The molecule has 1 saturated carbocycles. The molecular weight excluding hydrogens is 252 g/mol. The Balaban J connectivity index is 1.81. The van der Waals surface area contributed by atoms with E-state index >= 15 is 0 Å². The molecular formula is C15H20N4O. The van der Waals surface area contributed by atoms with Crippen LogP contribution >= 0.6 is 0 Å². The highest BCUT2D eigenvalue weighted by atomic mass is 16.3. The predicted molar refractivity (Wildman–Crippen MR) is 75.8 cm³/mol. The fourth-order valence-electron chi connectivity index (χ4n) is 2.83. The van der Waals surface area contributed by atoms with Gasteiger partial charge < -0.3 is 5.11 Å². The average Bonchev–Trinajstić information content (AvgIpc) is 2.91. The van der Waals surface area contributed by atoms with Crippen LogP contribution in [0.4, 0.5) is 0 Å². The van der Waals surface area contributed by atoms with Crippen molar-refractivity contribution < 1.29 is 5.11 Å². The van der Waals surface area contributed by atoms with Gasteiger partial charge >= 0.3 is 0 Å². The van der Waals surface area contributed by atoms with E-state index in [2.05, 4.69) is 22.0 Å². The molecule has 5 nitrogen and oxygen atoms in total. The molecule has 106 valence electrons. The topological polar surface area (TPSA) is 63.8 Å². The summed E-state index contributed by atoms with van der Waals surface area (Å²) >= 11 is 0. The van der Waals surface area contributed by atoms with Gasteiger partial charge in [-0.1, -0.05) is 6.92 Å². The number of rotatable bonds is 3. The van der Waals surface area contributed by atoms with Crippen LogP contribution in [0.5, 0.6) is 0 Å². The van der Waals surface area contributed by atoms with Crippen LogP contribution in [0.15, 0.2) is 30.9 Å². The monoisotopic (exact) mass is 272 g/mol. The summed E-state index contributed by atoms with van der Waals surface area (Å²) in [7, 11) is 0. The van der Waals surface area contributed by atoms with E-state index in [-0.39, 0.29) is 0 Å². The molecule has 1 fully saturated rings. The van der Waals surface area contributed by atoms with Crippen LogP contribution in [0.3, 0.4) is 0 Å². The first-order chi connectivity index (χ1) is 9.66. The third-order valence-electron chi connectivity index (χ3n) is 4.18. The van der Waals surface area contributed by atoms with Crippen molar-refractivity contribution in [2.24, 2.45) is 5.92 Å². The zero-order valence-electron chi connectivity index (χ0n) is 11.7. The van der Waals surface area contributed by atoms with E-state index in [4.69, 9.17) is 0 Å². The number of aliphatic hydroxyl groups is 1. The largest absolute Gasteiger partial charge is 0.388 e. The number of hydrogen-bond donors (Lipinski definition) is 1. The Bertz CT molecular complexity index is 558. The normalized spacial score (nSPS) is 26.6. The maximum absolute atomic E-state index is 10.7. The minimum Gasteiger partial charge on any atom is -0.388 e. The van der Waals surface area contributed by atoms with Gasteiger partial charge in [0.2, 0.25) is 0 Å². The van der Waals surface area contributed by atoms with Crippen molar-refractivity contribution in [2.45, 2.75) is 44.8 Å². The zero-order chi connectivity index (χ0) is 14.0. The molecule has 2 heterocycles. The van der Waals surface area contributed by atoms with Crippen molar-refractivity contribution in [3.05, 3.63) is 30.9 Å². The fraction of sp³-hybridized carbons (Fsp3) is 0.533. The van der Waals surface area contributed by atoms with Crippen molar-refractivity contribution >= 4 is 0 Å². The predicted octanol–water partition coefficient (Wildman–Crippen LogP) is 2.28. The first kappa shape index (κ1) is 13.2. The molecule has 1 N–H and O–H groups in total. The van der Waals surface area contributed by atoms with Gasteiger partial charge in [0, 0.05) is 18.0 Å². The Labute approximate surface area is 118 Å². The van der Waals surface area contributed by atoms with Gasteiger partial charge in [0.1, 0.15) is 6.33 Å². The maximum atomic E-state index is 10.7. The van der Waals surface area contributed by atoms with E-state index in [1.807, 2.05) is 12.1 Å². The van der Waals surface area contributed by atoms with E-state index < -0.39 is 5.60 Å². The van der Waals surface area contributed by atoms with Crippen LogP contribution in [0.1, 0.15) is 32.6 Å². The lowest BCUT2D eigenvalue weighted by molar-refractivity contribution is -0.0240. The molecule has 2 aromatic heterocycles. The summed E-state index contributed by atoms with van der Waals surface area (Å²) in [6.45, 7) is 2.75. The van der Waals surface area contributed by atoms with Gasteiger partial charge in [0.15, 0.2) is 5.82 Å². The number of pyridine rings is 1. The van der Waals surface area contributed by atoms with Gasteiger partial charge in [-0.25, -0.2) is 9.67 Å². The maximum Gasteiger partial charge on any atom is 0.159 e. The van der Waals surface area contributed by atoms with Gasteiger partial charge in [-0.3, -0.25) is 4.98 Å². The summed E-state index contributed by atoms with van der Waals surface area (Å²) in [6, 6.07) is 3.84. The van der Waals surface area contributed by atoms with Crippen molar-refractivity contribution in [1.82, 2.24) is 19.7 Å². The van der Waals surface area contributed by atoms with E-state index in [1.54, 1.807) is 17.1 Å². The minimum atomic E-state index is -0.656. The van der Waals surface area contributed by atoms with Gasteiger partial charge in [0.25, 0.3) is 0 Å². The minimum absolute atomic E-state index is 0.504. The van der Waals surface area contributed by atoms with Gasteiger partial charge in [-0.05, 0) is 43.7 Å². The Morgan fingerprint density at radius 3 is 2.90 bits per heavy atom. The molecule has 0 unspecified atom stereocenters. The van der Waals surface area contributed by atoms with Gasteiger partial charge in [-0.2, -0.15) is 5.10 Å². The molecule has 0 saturated heterocycles. The SMILES string of the molecule is CC1CCC(O)(Cn2ncnc2-c2cccnc2)CC1. The molecule has 2 aromatic rings. The van der Waals surface area contributed by atoms with Crippen LogP contribution < -0.4 is 0 Å². The first-order valence-electron chi connectivity index (χ1n) is 7.17. The van der Waals surface area contributed by atoms with E-state index in [1.165, 1.54) is 6.33 Å². The summed E-state index contributed by atoms with van der Waals surface area (Å²) in [5, 5.41) is 15.0. The van der Waals surface area contributed by atoms with Gasteiger partial charge in [0.05, 0.1) is 12.1 Å². The fourth-order valence-corrected chi connectivity index (χ4v) is 2.83. The average molecular weight is 272 g/mol. The molecule has 5 heteroatoms. The second-order valence-electron chi connectivity index (χ2n) is 5.89. The second kappa shape index (κ2) is 5.32. The van der Waals surface area contributed by atoms with Crippen LogP contribution in [0, 0.1) is 5.92 Å². The number of aromatic nitrogens is 4. The Kier molecular flexibility index (Phi) is 3.53. The van der Waals surface area contributed by atoms with E-state index in [9.17, 15) is 5.11 Å². The first-order valence-corrected chi connectivity index (χ1v) is 7.17. The van der Waals surface area contributed by atoms with Crippen molar-refractivity contribution in [2.75, 3.05) is 0 Å². The van der Waals surface area contributed by atoms with Crippen LogP contribution in [0.2, 0.25) is 0 Å². The molecule has 0 bridgehead atoms. The molecule has 3 rings (SSSR count). The van der Waals surface area contributed by atoms with Crippen molar-refractivity contribution in [3.63, 3.8) is 0 Å². The van der Waals surface area contributed by atoms with Crippen molar-refractivity contribution in [1.29, 1.82) is 0 Å². The smallest absolute Gasteiger partial charge is 0.159 e. The Morgan fingerprint density at radius 2 is 2.20 bits per heavy atom. The van der Waals surface area contributed by atoms with Gasteiger partial charge in [-0.15, -0.1) is 0 Å². The summed E-state index contributed by atoms with van der Waals surface area (Å²) in [6.07, 6.45) is 8.87. The highest BCUT2D eigenvalue weighted by molar-refractivity contribution is 5.52. The second-order valence-corrected chi connectivity index (χ2v) is 5.89. The molecule has 0 aromatic carbocycles. The summed E-state index contributed by atoms with van der Waals surface area (Å²) in [5.74, 6) is 1.48. The molecule has 1 aliphatic rings. The molecule has 20 heavy (non-hydrogen) atoms. The molecule has 0 spiro atoms. The molecule has 0 radical (unpaired) electrons. The Morgan fingerprint density at radius 1 is 1.40 bits per heavy atom. The third-order valence-corrected chi connectivity index (χ3v) is 4.18. The lowest BCUT2D eigenvalue weighted by Crippen LogP contribution is -2.38. The summed E-state index contributed by atoms with van der Waals surface area (Å²) < 4.78 is 1.80. The third kappa shape index (κ3) is 2.72. The molecule has 0 atom stereocenters. The number of nitrogens with zero attached hydrogens (tertiary/aromatic N) is 4. The van der Waals surface area contributed by atoms with E-state index in [0.29, 0.717) is 12.5 Å². The van der Waals surface area contributed by atoms with Crippen LogP contribution in [-0.4, -0.2) is 30.5 Å². The zero-order valence-corrected chi connectivity index (χ0v) is 11.7. The highest BCUT2D eigenvalue weighted by Gasteiger charge is 2.33. The number of hydrogen-bond acceptors (Lipinski definition) is 4. The lowest BCUT2D eigenvalue weighted by Gasteiger charge is -2.34.